The predicted molar refractivity (Wildman–Crippen MR) is 48.1 cm³/mol. The summed E-state index contributed by atoms with van der Waals surface area (Å²) in [5, 5.41) is 16.4. The second kappa shape index (κ2) is 3.32. The lowest BCUT2D eigenvalue weighted by atomic mass is 9.92. The Labute approximate surface area is 73.5 Å². The van der Waals surface area contributed by atoms with Gasteiger partial charge in [0.25, 0.3) is 0 Å². The van der Waals surface area contributed by atoms with Crippen LogP contribution in [0, 0.1) is 0 Å². The van der Waals surface area contributed by atoms with Crippen LogP contribution in [0.25, 0.3) is 0 Å². The molecule has 0 aromatic carbocycles. The van der Waals surface area contributed by atoms with E-state index in [-0.39, 0.29) is 6.10 Å². The van der Waals surface area contributed by atoms with Crippen molar-refractivity contribution in [2.45, 2.75) is 37.3 Å². The lowest BCUT2D eigenvalue weighted by molar-refractivity contribution is 0.158. The van der Waals surface area contributed by atoms with Gasteiger partial charge in [-0.15, -0.1) is 0 Å². The van der Waals surface area contributed by atoms with Gasteiger partial charge in [0.2, 0.25) is 0 Å². The summed E-state index contributed by atoms with van der Waals surface area (Å²) in [4.78, 5) is 0. The fourth-order valence-electron chi connectivity index (χ4n) is 2.29. The van der Waals surface area contributed by atoms with Gasteiger partial charge in [-0.3, -0.25) is 0 Å². The summed E-state index contributed by atoms with van der Waals surface area (Å²) in [6, 6.07) is 0. The maximum Gasteiger partial charge on any atom is 0.0553 e. The van der Waals surface area contributed by atoms with E-state index in [1.807, 2.05) is 0 Å². The molecule has 2 unspecified atom stereocenters. The Morgan fingerprint density at radius 3 is 2.83 bits per heavy atom. The van der Waals surface area contributed by atoms with Crippen molar-refractivity contribution >= 4 is 0 Å². The van der Waals surface area contributed by atoms with Crippen LogP contribution in [0.15, 0.2) is 0 Å². The summed E-state index contributed by atoms with van der Waals surface area (Å²) in [7, 11) is 0. The zero-order valence-corrected chi connectivity index (χ0v) is 7.47. The molecule has 0 aromatic rings. The van der Waals surface area contributed by atoms with Crippen molar-refractivity contribution in [1.29, 1.82) is 0 Å². The smallest absolute Gasteiger partial charge is 0.0553 e. The molecule has 0 radical (unpaired) electrons. The molecule has 0 aliphatic carbocycles. The maximum atomic E-state index is 9.47. The van der Waals surface area contributed by atoms with Gasteiger partial charge in [0.1, 0.15) is 0 Å². The van der Waals surface area contributed by atoms with E-state index in [1.54, 1.807) is 0 Å². The van der Waals surface area contributed by atoms with E-state index in [9.17, 15) is 5.11 Å². The highest BCUT2D eigenvalue weighted by molar-refractivity contribution is 4.97. The molecule has 1 spiro atoms. The van der Waals surface area contributed by atoms with Gasteiger partial charge in [0.15, 0.2) is 0 Å². The van der Waals surface area contributed by atoms with Gasteiger partial charge in [0, 0.05) is 12.1 Å². The Balaban J connectivity index is 1.97. The molecule has 2 heterocycles. The zero-order chi connectivity index (χ0) is 8.44. The van der Waals surface area contributed by atoms with Gasteiger partial charge in [-0.2, -0.15) is 0 Å². The van der Waals surface area contributed by atoms with Crippen molar-refractivity contribution in [2.24, 2.45) is 0 Å². The van der Waals surface area contributed by atoms with E-state index >= 15 is 0 Å². The molecule has 3 heteroatoms. The van der Waals surface area contributed by atoms with Gasteiger partial charge in [0.05, 0.1) is 6.10 Å². The summed E-state index contributed by atoms with van der Waals surface area (Å²) in [6.07, 6.45) is 4.16. The minimum Gasteiger partial charge on any atom is -0.393 e. The van der Waals surface area contributed by atoms with Crippen LogP contribution in [0.4, 0.5) is 0 Å². The summed E-state index contributed by atoms with van der Waals surface area (Å²) in [5.41, 5.74) is 0.317. The molecule has 2 fully saturated rings. The first kappa shape index (κ1) is 8.48. The molecule has 2 rings (SSSR count). The number of nitrogens with one attached hydrogen (secondary N) is 2. The van der Waals surface area contributed by atoms with Crippen molar-refractivity contribution in [2.75, 3.05) is 19.6 Å². The van der Waals surface area contributed by atoms with Crippen molar-refractivity contribution in [3.8, 4) is 0 Å². The zero-order valence-electron chi connectivity index (χ0n) is 7.47. The number of hydrogen-bond donors (Lipinski definition) is 3. The normalized spacial score (nSPS) is 43.2. The highest BCUT2D eigenvalue weighted by atomic mass is 16.3. The summed E-state index contributed by atoms with van der Waals surface area (Å²) in [5.74, 6) is 0. The number of hydrogen-bond acceptors (Lipinski definition) is 3. The lowest BCUT2D eigenvalue weighted by Crippen LogP contribution is -2.46. The van der Waals surface area contributed by atoms with E-state index in [4.69, 9.17) is 0 Å². The molecule has 3 N–H and O–H groups in total. The third kappa shape index (κ3) is 1.63. The molecule has 2 atom stereocenters. The molecular weight excluding hydrogens is 152 g/mol. The van der Waals surface area contributed by atoms with Gasteiger partial charge >= 0.3 is 0 Å². The minimum atomic E-state index is -0.0718. The Kier molecular flexibility index (Phi) is 2.35. The standard InChI is InChI=1S/C9H18N2O/c12-8-1-3-9(11-5-2-8)4-6-10-7-9/h8,10-12H,1-7H2. The SMILES string of the molecule is OC1CCNC2(CCNC2)CC1. The van der Waals surface area contributed by atoms with Crippen molar-refractivity contribution in [1.82, 2.24) is 10.6 Å². The molecular formula is C9H18N2O. The molecule has 0 aromatic heterocycles. The molecule has 3 nitrogen and oxygen atoms in total. The molecule has 2 saturated heterocycles. The van der Waals surface area contributed by atoms with Gasteiger partial charge in [-0.1, -0.05) is 0 Å². The Bertz CT molecular complexity index is 155. The van der Waals surface area contributed by atoms with Crippen molar-refractivity contribution in [3.05, 3.63) is 0 Å². The fourth-order valence-corrected chi connectivity index (χ4v) is 2.29. The first-order valence-electron chi connectivity index (χ1n) is 4.95. The fraction of sp³-hybridized carbons (Fsp3) is 1.00. The highest BCUT2D eigenvalue weighted by Gasteiger charge is 2.34. The second-order valence-corrected chi connectivity index (χ2v) is 4.12. The van der Waals surface area contributed by atoms with Crippen LogP contribution in [0.3, 0.4) is 0 Å². The predicted octanol–water partition coefficient (Wildman–Crippen LogP) is -0.147. The average Bonchev–Trinajstić information content (AvgIpc) is 2.42. The van der Waals surface area contributed by atoms with E-state index in [0.29, 0.717) is 5.54 Å². The molecule has 0 bridgehead atoms. The topological polar surface area (TPSA) is 44.3 Å². The van der Waals surface area contributed by atoms with E-state index in [2.05, 4.69) is 10.6 Å². The largest absolute Gasteiger partial charge is 0.393 e. The van der Waals surface area contributed by atoms with Gasteiger partial charge in [-0.05, 0) is 38.8 Å². The summed E-state index contributed by atoms with van der Waals surface area (Å²) >= 11 is 0. The second-order valence-electron chi connectivity index (χ2n) is 4.12. The van der Waals surface area contributed by atoms with E-state index in [0.717, 1.165) is 38.9 Å². The molecule has 70 valence electrons. The van der Waals surface area contributed by atoms with E-state index < -0.39 is 0 Å². The highest BCUT2D eigenvalue weighted by Crippen LogP contribution is 2.24. The Hall–Kier alpha value is -0.120. The van der Waals surface area contributed by atoms with Gasteiger partial charge in [-0.25, -0.2) is 0 Å². The monoisotopic (exact) mass is 170 g/mol. The third-order valence-electron chi connectivity index (χ3n) is 3.18. The first-order chi connectivity index (χ1) is 5.81. The number of rotatable bonds is 0. The summed E-state index contributed by atoms with van der Waals surface area (Å²) < 4.78 is 0. The van der Waals surface area contributed by atoms with Gasteiger partial charge < -0.3 is 15.7 Å². The lowest BCUT2D eigenvalue weighted by Gasteiger charge is -2.27. The van der Waals surface area contributed by atoms with Crippen LogP contribution in [0.2, 0.25) is 0 Å². The van der Waals surface area contributed by atoms with E-state index in [1.165, 1.54) is 6.42 Å². The van der Waals surface area contributed by atoms with Crippen LogP contribution in [0.5, 0.6) is 0 Å². The maximum absolute atomic E-state index is 9.47. The van der Waals surface area contributed by atoms with Crippen molar-refractivity contribution in [3.63, 3.8) is 0 Å². The van der Waals surface area contributed by atoms with Crippen LogP contribution in [0.1, 0.15) is 25.7 Å². The average molecular weight is 170 g/mol. The number of aliphatic hydroxyl groups excluding tert-OH is 1. The Morgan fingerprint density at radius 2 is 2.08 bits per heavy atom. The quantitative estimate of drug-likeness (QED) is 0.474. The van der Waals surface area contributed by atoms with Crippen LogP contribution in [-0.2, 0) is 0 Å². The Morgan fingerprint density at radius 1 is 1.17 bits per heavy atom. The minimum absolute atomic E-state index is 0.0718. The van der Waals surface area contributed by atoms with Crippen molar-refractivity contribution < 1.29 is 5.11 Å². The summed E-state index contributed by atoms with van der Waals surface area (Å²) in [6.45, 7) is 3.19. The first-order valence-corrected chi connectivity index (χ1v) is 4.95. The molecule has 2 aliphatic rings. The molecule has 2 aliphatic heterocycles. The molecule has 12 heavy (non-hydrogen) atoms. The van der Waals surface area contributed by atoms with Crippen LogP contribution in [-0.4, -0.2) is 36.4 Å². The van der Waals surface area contributed by atoms with Crippen LogP contribution < -0.4 is 10.6 Å². The molecule has 0 amide bonds. The number of aliphatic hydroxyl groups is 1. The third-order valence-corrected chi connectivity index (χ3v) is 3.18. The molecule has 0 saturated carbocycles. The van der Waals surface area contributed by atoms with Crippen LogP contribution >= 0.6 is 0 Å².